The summed E-state index contributed by atoms with van der Waals surface area (Å²) < 4.78 is 12.4. The Kier molecular flexibility index (Phi) is 5.98. The quantitative estimate of drug-likeness (QED) is 0.274. The fourth-order valence-electron chi connectivity index (χ4n) is 6.24. The van der Waals surface area contributed by atoms with Crippen LogP contribution in [0.5, 0.6) is 11.5 Å². The molecule has 4 aromatic carbocycles. The summed E-state index contributed by atoms with van der Waals surface area (Å²) in [6, 6.07) is 34.6. The smallest absolute Gasteiger partial charge is 0.243 e. The molecule has 1 atom stereocenters. The molecule has 0 saturated carbocycles. The van der Waals surface area contributed by atoms with E-state index in [1.807, 2.05) is 71.6 Å². The summed E-state index contributed by atoms with van der Waals surface area (Å²) in [6.07, 6.45) is 1.47. The molecule has 1 unspecified atom stereocenters. The lowest BCUT2D eigenvalue weighted by Gasteiger charge is -2.44. The van der Waals surface area contributed by atoms with Gasteiger partial charge >= 0.3 is 0 Å². The van der Waals surface area contributed by atoms with E-state index in [-0.39, 0.29) is 11.9 Å². The van der Waals surface area contributed by atoms with Gasteiger partial charge in [-0.2, -0.15) is 0 Å². The average Bonchev–Trinajstić information content (AvgIpc) is 3.16. The molecule has 4 nitrogen and oxygen atoms in total. The van der Waals surface area contributed by atoms with Gasteiger partial charge < -0.3 is 9.47 Å². The Morgan fingerprint density at radius 2 is 1.47 bits per heavy atom. The van der Waals surface area contributed by atoms with Gasteiger partial charge in [-0.1, -0.05) is 91.9 Å². The fraction of sp³-hybridized carbons (Fsp3) is 0.265. The van der Waals surface area contributed by atoms with E-state index in [9.17, 15) is 0 Å². The lowest BCUT2D eigenvalue weighted by molar-refractivity contribution is -0.124. The zero-order valence-corrected chi connectivity index (χ0v) is 22.2. The minimum absolute atomic E-state index is 0.0799. The number of fused-ring (bicyclic) bond motifs is 4. The van der Waals surface area contributed by atoms with Crippen LogP contribution in [-0.2, 0) is 10.2 Å². The van der Waals surface area contributed by atoms with Crippen LogP contribution in [0.15, 0.2) is 103 Å². The van der Waals surface area contributed by atoms with Crippen LogP contribution in [0.4, 0.5) is 5.69 Å². The summed E-state index contributed by atoms with van der Waals surface area (Å²) in [5.74, 6) is 1.56. The Balaban J connectivity index is 1.57. The summed E-state index contributed by atoms with van der Waals surface area (Å²) in [6.45, 7) is 6.87. The zero-order chi connectivity index (χ0) is 26.3. The summed E-state index contributed by atoms with van der Waals surface area (Å²) >= 11 is 0. The Morgan fingerprint density at radius 1 is 0.842 bits per heavy atom. The third-order valence-electron chi connectivity index (χ3n) is 7.66. The van der Waals surface area contributed by atoms with Gasteiger partial charge in [0.2, 0.25) is 5.91 Å². The van der Waals surface area contributed by atoms with E-state index in [2.05, 4.69) is 57.2 Å². The van der Waals surface area contributed by atoms with Crippen LogP contribution in [0.3, 0.4) is 0 Å². The van der Waals surface area contributed by atoms with Crippen LogP contribution in [0.1, 0.15) is 61.9 Å². The van der Waals surface area contributed by atoms with Gasteiger partial charge in [-0.3, -0.25) is 9.69 Å². The topological polar surface area (TPSA) is 38.8 Å². The van der Waals surface area contributed by atoms with Gasteiger partial charge in [-0.25, -0.2) is 0 Å². The molecule has 0 radical (unpaired) electrons. The van der Waals surface area contributed by atoms with Crippen molar-refractivity contribution in [3.8, 4) is 11.5 Å². The first-order chi connectivity index (χ1) is 18.4. The predicted octanol–water partition coefficient (Wildman–Crippen LogP) is 7.46. The van der Waals surface area contributed by atoms with Crippen LogP contribution >= 0.6 is 0 Å². The first-order valence-electron chi connectivity index (χ1n) is 13.4. The summed E-state index contributed by atoms with van der Waals surface area (Å²) in [5.41, 5.74) is 3.62. The van der Waals surface area contributed by atoms with E-state index in [0.29, 0.717) is 13.0 Å². The second-order valence-corrected chi connectivity index (χ2v) is 10.9. The minimum atomic E-state index is -0.862. The van der Waals surface area contributed by atoms with Gasteiger partial charge in [-0.15, -0.1) is 0 Å². The Morgan fingerprint density at radius 3 is 2.13 bits per heavy atom. The normalized spacial score (nSPS) is 19.3. The van der Waals surface area contributed by atoms with Gasteiger partial charge in [0.05, 0.1) is 12.6 Å². The first kappa shape index (κ1) is 24.3. The van der Waals surface area contributed by atoms with Gasteiger partial charge in [0.15, 0.2) is 0 Å². The molecule has 0 aliphatic carbocycles. The van der Waals surface area contributed by atoms with Crippen LogP contribution in [0.25, 0.3) is 0 Å². The largest absolute Gasteiger partial charge is 0.493 e. The number of carbonyl (C=O) groups excluding carboxylic acids is 1. The molecule has 38 heavy (non-hydrogen) atoms. The SMILES string of the molecule is CCCOc1ccc2c(c1)OC(C)(C)CC21C(=O)N(C(c2ccccc2)c2ccccc2)c2ccccc21. The van der Waals surface area contributed by atoms with E-state index in [0.717, 1.165) is 45.9 Å². The highest BCUT2D eigenvalue weighted by Crippen LogP contribution is 2.58. The van der Waals surface area contributed by atoms with Crippen molar-refractivity contribution in [2.45, 2.75) is 50.7 Å². The number of amides is 1. The maximum Gasteiger partial charge on any atom is 0.243 e. The second-order valence-electron chi connectivity index (χ2n) is 10.9. The number of ether oxygens (including phenoxy) is 2. The van der Waals surface area contributed by atoms with Crippen molar-refractivity contribution in [2.75, 3.05) is 11.5 Å². The molecule has 0 fully saturated rings. The van der Waals surface area contributed by atoms with Crippen molar-refractivity contribution in [1.82, 2.24) is 0 Å². The molecule has 4 heteroatoms. The molecule has 0 aromatic heterocycles. The van der Waals surface area contributed by atoms with Crippen molar-refractivity contribution >= 4 is 11.6 Å². The van der Waals surface area contributed by atoms with Crippen LogP contribution in [-0.4, -0.2) is 18.1 Å². The second kappa shape index (κ2) is 9.36. The van der Waals surface area contributed by atoms with Crippen molar-refractivity contribution in [1.29, 1.82) is 0 Å². The highest BCUT2D eigenvalue weighted by atomic mass is 16.5. The lowest BCUT2D eigenvalue weighted by atomic mass is 9.67. The van der Waals surface area contributed by atoms with Crippen molar-refractivity contribution in [3.05, 3.63) is 125 Å². The van der Waals surface area contributed by atoms with Gasteiger partial charge in [0.1, 0.15) is 22.5 Å². The zero-order valence-electron chi connectivity index (χ0n) is 22.2. The Bertz CT molecular complexity index is 1420. The number of anilines is 1. The number of para-hydroxylation sites is 1. The third-order valence-corrected chi connectivity index (χ3v) is 7.66. The number of nitrogens with zero attached hydrogens (tertiary/aromatic N) is 1. The molecule has 192 valence electrons. The van der Waals surface area contributed by atoms with Crippen molar-refractivity contribution in [2.24, 2.45) is 0 Å². The highest BCUT2D eigenvalue weighted by molar-refractivity contribution is 6.12. The van der Waals surface area contributed by atoms with Crippen molar-refractivity contribution < 1.29 is 14.3 Å². The number of carbonyl (C=O) groups is 1. The number of benzene rings is 4. The molecule has 2 aliphatic heterocycles. The molecular weight excluding hydrogens is 470 g/mol. The van der Waals surface area contributed by atoms with E-state index in [1.165, 1.54) is 0 Å². The molecule has 6 rings (SSSR count). The predicted molar refractivity (Wildman–Crippen MR) is 151 cm³/mol. The van der Waals surface area contributed by atoms with Gasteiger partial charge in [-0.05, 0) is 49.1 Å². The number of hydrogen-bond acceptors (Lipinski definition) is 3. The molecule has 1 amide bonds. The minimum Gasteiger partial charge on any atom is -0.493 e. The van der Waals surface area contributed by atoms with Gasteiger partial charge in [0.25, 0.3) is 0 Å². The number of rotatable bonds is 6. The van der Waals surface area contributed by atoms with Crippen LogP contribution < -0.4 is 14.4 Å². The van der Waals surface area contributed by atoms with Crippen molar-refractivity contribution in [3.63, 3.8) is 0 Å². The van der Waals surface area contributed by atoms with E-state index in [4.69, 9.17) is 9.47 Å². The van der Waals surface area contributed by atoms with E-state index in [1.54, 1.807) is 0 Å². The van der Waals surface area contributed by atoms with E-state index < -0.39 is 11.0 Å². The molecular formula is C34H33NO3. The maximum atomic E-state index is 15.1. The Labute approximate surface area is 224 Å². The van der Waals surface area contributed by atoms with E-state index >= 15 is 4.79 Å². The molecule has 2 aliphatic rings. The third kappa shape index (κ3) is 3.87. The lowest BCUT2D eigenvalue weighted by Crippen LogP contribution is -2.51. The summed E-state index contributed by atoms with van der Waals surface area (Å²) in [4.78, 5) is 17.1. The Hall–Kier alpha value is -4.05. The molecule has 1 spiro atoms. The number of hydrogen-bond donors (Lipinski definition) is 0. The monoisotopic (exact) mass is 503 g/mol. The summed E-state index contributed by atoms with van der Waals surface area (Å²) in [7, 11) is 0. The first-order valence-corrected chi connectivity index (χ1v) is 13.4. The molecule has 2 heterocycles. The molecule has 4 aromatic rings. The van der Waals surface area contributed by atoms with Gasteiger partial charge in [0, 0.05) is 23.7 Å². The molecule has 0 saturated heterocycles. The molecule has 0 bridgehead atoms. The summed E-state index contributed by atoms with van der Waals surface area (Å²) in [5, 5.41) is 0. The highest BCUT2D eigenvalue weighted by Gasteiger charge is 2.59. The van der Waals surface area contributed by atoms with Crippen LogP contribution in [0.2, 0.25) is 0 Å². The average molecular weight is 504 g/mol. The fourth-order valence-corrected chi connectivity index (χ4v) is 6.24. The molecule has 0 N–H and O–H groups in total. The maximum absolute atomic E-state index is 15.1. The standard InChI is InChI=1S/C34H33NO3/c1-4-21-37-26-19-20-28-30(22-26)38-33(2,3)23-34(28)27-17-11-12-18-29(27)35(32(34)36)31(24-13-7-5-8-14-24)25-15-9-6-10-16-25/h5-20,22,31H,4,21,23H2,1-3H3. The van der Waals surface area contributed by atoms with Crippen LogP contribution in [0, 0.1) is 0 Å².